The molecule has 0 amide bonds. The Morgan fingerprint density at radius 2 is 2.04 bits per heavy atom. The van der Waals surface area contributed by atoms with Crippen molar-refractivity contribution >= 4 is 11.9 Å². The lowest BCUT2D eigenvalue weighted by Crippen LogP contribution is -1.97. The van der Waals surface area contributed by atoms with E-state index in [1.807, 2.05) is 30.3 Å². The van der Waals surface area contributed by atoms with Crippen LogP contribution < -0.4 is 9.47 Å². The first-order chi connectivity index (χ1) is 11.3. The van der Waals surface area contributed by atoms with Gasteiger partial charge in [-0.2, -0.15) is 0 Å². The minimum atomic E-state index is -0.0104. The zero-order valence-corrected chi connectivity index (χ0v) is 13.2. The molecule has 3 rings (SSSR count). The first-order valence-corrected chi connectivity index (χ1v) is 7.97. The number of carbonyl (C=O) groups is 1. The zero-order valence-electron chi connectivity index (χ0n) is 13.2. The lowest BCUT2D eigenvalue weighted by Gasteiger charge is -2.04. The number of hydrogen-bond acceptors (Lipinski definition) is 3. The Hall–Kier alpha value is -2.55. The van der Waals surface area contributed by atoms with E-state index in [9.17, 15) is 4.79 Å². The van der Waals surface area contributed by atoms with Crippen molar-refractivity contribution in [1.29, 1.82) is 0 Å². The Morgan fingerprint density at radius 3 is 2.83 bits per heavy atom. The van der Waals surface area contributed by atoms with Crippen molar-refractivity contribution in [3.8, 4) is 11.5 Å². The van der Waals surface area contributed by atoms with E-state index < -0.39 is 0 Å². The SMILES string of the molecule is CCCOc1ccc(C(=O)/C=C/c2ccc3c(c2)CCO3)cc1. The van der Waals surface area contributed by atoms with Crippen molar-refractivity contribution in [2.45, 2.75) is 19.8 Å². The number of hydrogen-bond donors (Lipinski definition) is 0. The van der Waals surface area contributed by atoms with Gasteiger partial charge in [-0.15, -0.1) is 0 Å². The molecule has 23 heavy (non-hydrogen) atoms. The zero-order chi connectivity index (χ0) is 16.1. The Balaban J connectivity index is 1.66. The average molecular weight is 308 g/mol. The first-order valence-electron chi connectivity index (χ1n) is 7.97. The van der Waals surface area contributed by atoms with Crippen molar-refractivity contribution in [1.82, 2.24) is 0 Å². The van der Waals surface area contributed by atoms with Crippen LogP contribution in [0.15, 0.2) is 48.5 Å². The molecule has 0 saturated heterocycles. The normalized spacial score (nSPS) is 12.9. The second-order valence-electron chi connectivity index (χ2n) is 5.54. The molecular weight excluding hydrogens is 288 g/mol. The number of rotatable bonds is 6. The van der Waals surface area contributed by atoms with E-state index in [0.29, 0.717) is 12.2 Å². The fourth-order valence-corrected chi connectivity index (χ4v) is 2.51. The summed E-state index contributed by atoms with van der Waals surface area (Å²) in [6.45, 7) is 3.50. The molecule has 0 N–H and O–H groups in total. The van der Waals surface area contributed by atoms with E-state index in [-0.39, 0.29) is 5.78 Å². The molecule has 0 saturated carbocycles. The van der Waals surface area contributed by atoms with Gasteiger partial charge in [-0.1, -0.05) is 19.1 Å². The van der Waals surface area contributed by atoms with Gasteiger partial charge in [0.25, 0.3) is 0 Å². The van der Waals surface area contributed by atoms with E-state index >= 15 is 0 Å². The molecule has 0 spiro atoms. The predicted molar refractivity (Wildman–Crippen MR) is 91.2 cm³/mol. The fraction of sp³-hybridized carbons (Fsp3) is 0.250. The van der Waals surface area contributed by atoms with Crippen LogP contribution in [0.4, 0.5) is 0 Å². The van der Waals surface area contributed by atoms with Gasteiger partial charge < -0.3 is 9.47 Å². The Bertz CT molecular complexity index is 714. The Labute approximate surface area is 136 Å². The molecule has 1 aliphatic heterocycles. The highest BCUT2D eigenvalue weighted by molar-refractivity contribution is 6.06. The van der Waals surface area contributed by atoms with Gasteiger partial charge in [0, 0.05) is 12.0 Å². The van der Waals surface area contributed by atoms with Crippen LogP contribution in [0.3, 0.4) is 0 Å². The maximum atomic E-state index is 12.2. The fourth-order valence-electron chi connectivity index (χ4n) is 2.51. The van der Waals surface area contributed by atoms with Crippen LogP contribution in [0.1, 0.15) is 34.8 Å². The summed E-state index contributed by atoms with van der Waals surface area (Å²) in [7, 11) is 0. The standard InChI is InChI=1S/C20H20O3/c1-2-12-22-18-7-5-16(6-8-18)19(21)9-3-15-4-10-20-17(14-15)11-13-23-20/h3-10,14H,2,11-13H2,1H3/b9-3+. The number of fused-ring (bicyclic) bond motifs is 1. The molecule has 118 valence electrons. The van der Waals surface area contributed by atoms with Gasteiger partial charge in [-0.3, -0.25) is 4.79 Å². The van der Waals surface area contributed by atoms with Gasteiger partial charge in [0.1, 0.15) is 11.5 Å². The molecule has 0 aliphatic carbocycles. The van der Waals surface area contributed by atoms with Crippen molar-refractivity contribution < 1.29 is 14.3 Å². The second kappa shape index (κ2) is 7.14. The number of carbonyl (C=O) groups excluding carboxylic acids is 1. The predicted octanol–water partition coefficient (Wildman–Crippen LogP) is 4.31. The van der Waals surface area contributed by atoms with E-state index in [2.05, 4.69) is 13.0 Å². The lowest BCUT2D eigenvalue weighted by atomic mass is 10.1. The minimum Gasteiger partial charge on any atom is -0.494 e. The number of benzene rings is 2. The summed E-state index contributed by atoms with van der Waals surface area (Å²) in [4.78, 5) is 12.2. The summed E-state index contributed by atoms with van der Waals surface area (Å²) in [5.41, 5.74) is 2.89. The third-order valence-electron chi connectivity index (χ3n) is 3.75. The number of allylic oxidation sites excluding steroid dienone is 1. The van der Waals surface area contributed by atoms with Crippen LogP contribution in [-0.2, 0) is 6.42 Å². The highest BCUT2D eigenvalue weighted by Crippen LogP contribution is 2.26. The van der Waals surface area contributed by atoms with Crippen LogP contribution in [0, 0.1) is 0 Å². The van der Waals surface area contributed by atoms with Gasteiger partial charge in [-0.25, -0.2) is 0 Å². The summed E-state index contributed by atoms with van der Waals surface area (Å²) in [5.74, 6) is 1.74. The molecule has 2 aromatic carbocycles. The summed E-state index contributed by atoms with van der Waals surface area (Å²) in [6.07, 6.45) is 5.36. The molecule has 0 radical (unpaired) electrons. The Morgan fingerprint density at radius 1 is 1.22 bits per heavy atom. The lowest BCUT2D eigenvalue weighted by molar-refractivity contribution is 0.104. The van der Waals surface area contributed by atoms with Crippen LogP contribution in [0.25, 0.3) is 6.08 Å². The first kappa shape index (κ1) is 15.3. The summed E-state index contributed by atoms with van der Waals surface area (Å²) >= 11 is 0. The molecule has 0 atom stereocenters. The average Bonchev–Trinajstić information content (AvgIpc) is 3.06. The second-order valence-corrected chi connectivity index (χ2v) is 5.54. The minimum absolute atomic E-state index is 0.0104. The van der Waals surface area contributed by atoms with Gasteiger partial charge in [0.2, 0.25) is 0 Å². The van der Waals surface area contributed by atoms with Crippen LogP contribution in [-0.4, -0.2) is 19.0 Å². The molecule has 3 nitrogen and oxygen atoms in total. The molecule has 0 fully saturated rings. The van der Waals surface area contributed by atoms with Crippen molar-refractivity contribution in [2.75, 3.05) is 13.2 Å². The highest BCUT2D eigenvalue weighted by atomic mass is 16.5. The maximum absolute atomic E-state index is 12.2. The molecule has 2 aromatic rings. The van der Waals surface area contributed by atoms with E-state index in [1.165, 1.54) is 5.56 Å². The molecule has 0 unspecified atom stereocenters. The maximum Gasteiger partial charge on any atom is 0.185 e. The highest BCUT2D eigenvalue weighted by Gasteiger charge is 2.11. The third-order valence-corrected chi connectivity index (χ3v) is 3.75. The smallest absolute Gasteiger partial charge is 0.185 e. The molecular formula is C20H20O3. The van der Waals surface area contributed by atoms with Gasteiger partial charge in [0.05, 0.1) is 13.2 Å². The Kier molecular flexibility index (Phi) is 4.77. The summed E-state index contributed by atoms with van der Waals surface area (Å²) < 4.78 is 11.0. The molecule has 0 bridgehead atoms. The van der Waals surface area contributed by atoms with Gasteiger partial charge >= 0.3 is 0 Å². The largest absolute Gasteiger partial charge is 0.494 e. The summed E-state index contributed by atoms with van der Waals surface area (Å²) in [5, 5.41) is 0. The van der Waals surface area contributed by atoms with E-state index in [4.69, 9.17) is 9.47 Å². The van der Waals surface area contributed by atoms with Gasteiger partial charge in [-0.05, 0) is 60.0 Å². The quantitative estimate of drug-likeness (QED) is 0.589. The monoisotopic (exact) mass is 308 g/mol. The van der Waals surface area contributed by atoms with Crippen LogP contribution >= 0.6 is 0 Å². The van der Waals surface area contributed by atoms with Gasteiger partial charge in [0.15, 0.2) is 5.78 Å². The molecule has 1 heterocycles. The topological polar surface area (TPSA) is 35.5 Å². The molecule has 0 aromatic heterocycles. The van der Waals surface area contributed by atoms with Crippen molar-refractivity contribution in [2.24, 2.45) is 0 Å². The third kappa shape index (κ3) is 3.81. The molecule has 1 aliphatic rings. The van der Waals surface area contributed by atoms with Crippen molar-refractivity contribution in [3.05, 3.63) is 65.2 Å². The van der Waals surface area contributed by atoms with Crippen molar-refractivity contribution in [3.63, 3.8) is 0 Å². The van der Waals surface area contributed by atoms with Crippen LogP contribution in [0.2, 0.25) is 0 Å². The number of ketones is 1. The summed E-state index contributed by atoms with van der Waals surface area (Å²) in [6, 6.07) is 13.3. The van der Waals surface area contributed by atoms with Crippen LogP contribution in [0.5, 0.6) is 11.5 Å². The molecule has 3 heteroatoms. The van der Waals surface area contributed by atoms with E-state index in [1.54, 1.807) is 18.2 Å². The van der Waals surface area contributed by atoms with E-state index in [0.717, 1.165) is 36.5 Å². The number of ether oxygens (including phenoxy) is 2.